The predicted molar refractivity (Wildman–Crippen MR) is 71.9 cm³/mol. The van der Waals surface area contributed by atoms with Crippen LogP contribution in [0, 0.1) is 24.6 Å². The average Bonchev–Trinajstić information content (AvgIpc) is 2.37. The third-order valence-corrected chi connectivity index (χ3v) is 3.93. The van der Waals surface area contributed by atoms with Crippen LogP contribution in [-0.4, -0.2) is 35.0 Å². The number of carboxylic acids is 1. The number of halogens is 1. The molecule has 1 aromatic rings. The summed E-state index contributed by atoms with van der Waals surface area (Å²) in [6.45, 7) is 4.39. The number of aliphatic carboxylic acids is 1. The third kappa shape index (κ3) is 2.81. The van der Waals surface area contributed by atoms with Gasteiger partial charge in [0.15, 0.2) is 0 Å². The van der Waals surface area contributed by atoms with E-state index < -0.39 is 11.9 Å². The molecule has 1 aliphatic rings. The van der Waals surface area contributed by atoms with Crippen LogP contribution >= 0.6 is 0 Å². The Bertz CT molecular complexity index is 544. The molecule has 1 N–H and O–H groups in total. The first-order valence-electron chi connectivity index (χ1n) is 6.68. The molecule has 2 rings (SSSR count). The number of aryl methyl sites for hydroxylation is 1. The van der Waals surface area contributed by atoms with Gasteiger partial charge in [0.2, 0.25) is 0 Å². The first kappa shape index (κ1) is 14.5. The topological polar surface area (TPSA) is 57.6 Å². The highest BCUT2D eigenvalue weighted by Gasteiger charge is 2.33. The zero-order chi connectivity index (χ0) is 14.9. The molecule has 108 valence electrons. The minimum atomic E-state index is -0.803. The van der Waals surface area contributed by atoms with E-state index in [9.17, 15) is 14.0 Å². The van der Waals surface area contributed by atoms with Crippen molar-refractivity contribution in [3.63, 3.8) is 0 Å². The molecule has 1 fully saturated rings. The smallest absolute Gasteiger partial charge is 0.306 e. The zero-order valence-corrected chi connectivity index (χ0v) is 11.6. The van der Waals surface area contributed by atoms with E-state index in [0.717, 1.165) is 0 Å². The number of amides is 1. The van der Waals surface area contributed by atoms with E-state index in [1.165, 1.54) is 18.2 Å². The Morgan fingerprint density at radius 3 is 2.65 bits per heavy atom. The number of rotatable bonds is 2. The average molecular weight is 279 g/mol. The lowest BCUT2D eigenvalue weighted by molar-refractivity contribution is -0.145. The number of hydrogen-bond acceptors (Lipinski definition) is 2. The summed E-state index contributed by atoms with van der Waals surface area (Å²) in [6.07, 6.45) is 0.461. The summed E-state index contributed by atoms with van der Waals surface area (Å²) in [4.78, 5) is 25.1. The highest BCUT2D eigenvalue weighted by atomic mass is 19.1. The fourth-order valence-electron chi connectivity index (χ4n) is 2.73. The van der Waals surface area contributed by atoms with E-state index in [-0.39, 0.29) is 17.6 Å². The lowest BCUT2D eigenvalue weighted by atomic mass is 9.86. The molecule has 1 heterocycles. The largest absolute Gasteiger partial charge is 0.481 e. The van der Waals surface area contributed by atoms with Gasteiger partial charge in [-0.15, -0.1) is 0 Å². The van der Waals surface area contributed by atoms with Crippen LogP contribution in [0.2, 0.25) is 0 Å². The van der Waals surface area contributed by atoms with Gasteiger partial charge in [-0.2, -0.15) is 0 Å². The van der Waals surface area contributed by atoms with Gasteiger partial charge in [-0.25, -0.2) is 4.39 Å². The zero-order valence-electron chi connectivity index (χ0n) is 11.6. The standard InChI is InChI=1S/C15H18FNO3/c1-9-7-11(16)3-4-12(9)14(18)17-6-5-13(15(19)20)10(2)8-17/h3-4,7,10,13H,5-6,8H2,1-2H3,(H,19,20). The van der Waals surface area contributed by atoms with Crippen molar-refractivity contribution in [2.24, 2.45) is 11.8 Å². The Kier molecular flexibility index (Phi) is 4.06. The van der Waals surface area contributed by atoms with Crippen LogP contribution in [0.5, 0.6) is 0 Å². The van der Waals surface area contributed by atoms with Crippen molar-refractivity contribution in [1.82, 2.24) is 4.90 Å². The molecule has 5 heteroatoms. The summed E-state index contributed by atoms with van der Waals surface area (Å²) >= 11 is 0. The number of carbonyl (C=O) groups is 2. The third-order valence-electron chi connectivity index (χ3n) is 3.93. The maximum Gasteiger partial charge on any atom is 0.306 e. The first-order chi connectivity index (χ1) is 9.40. The summed E-state index contributed by atoms with van der Waals surface area (Å²) < 4.78 is 13.1. The summed E-state index contributed by atoms with van der Waals surface area (Å²) in [5.74, 6) is -1.79. The number of carbonyl (C=O) groups excluding carboxylic acids is 1. The van der Waals surface area contributed by atoms with Gasteiger partial charge in [0.05, 0.1) is 5.92 Å². The van der Waals surface area contributed by atoms with Crippen LogP contribution in [0.4, 0.5) is 4.39 Å². The van der Waals surface area contributed by atoms with Crippen LogP contribution in [0.3, 0.4) is 0 Å². The van der Waals surface area contributed by atoms with Crippen molar-refractivity contribution < 1.29 is 19.1 Å². The SMILES string of the molecule is Cc1cc(F)ccc1C(=O)N1CCC(C(=O)O)C(C)C1. The molecule has 0 spiro atoms. The second-order valence-electron chi connectivity index (χ2n) is 5.42. The number of benzene rings is 1. The molecular formula is C15H18FNO3. The normalized spacial score (nSPS) is 22.6. The second-order valence-corrected chi connectivity index (χ2v) is 5.42. The molecule has 0 radical (unpaired) electrons. The fourth-order valence-corrected chi connectivity index (χ4v) is 2.73. The van der Waals surface area contributed by atoms with Gasteiger partial charge in [0.25, 0.3) is 5.91 Å². The second kappa shape index (κ2) is 5.61. The molecule has 0 aromatic heterocycles. The quantitative estimate of drug-likeness (QED) is 0.903. The van der Waals surface area contributed by atoms with Gasteiger partial charge in [-0.3, -0.25) is 9.59 Å². The Morgan fingerprint density at radius 2 is 2.10 bits per heavy atom. The number of likely N-dealkylation sites (tertiary alicyclic amines) is 1. The van der Waals surface area contributed by atoms with Crippen LogP contribution in [-0.2, 0) is 4.79 Å². The maximum atomic E-state index is 13.1. The lowest BCUT2D eigenvalue weighted by Crippen LogP contribution is -2.45. The monoisotopic (exact) mass is 279 g/mol. The summed E-state index contributed by atoms with van der Waals surface area (Å²) in [5, 5.41) is 9.08. The van der Waals surface area contributed by atoms with Gasteiger partial charge in [0, 0.05) is 18.7 Å². The Morgan fingerprint density at radius 1 is 1.40 bits per heavy atom. The van der Waals surface area contributed by atoms with E-state index in [1.54, 1.807) is 11.8 Å². The van der Waals surface area contributed by atoms with Crippen molar-refractivity contribution in [2.75, 3.05) is 13.1 Å². The van der Waals surface area contributed by atoms with Crippen LogP contribution in [0.1, 0.15) is 29.3 Å². The molecule has 1 saturated heterocycles. The van der Waals surface area contributed by atoms with E-state index in [4.69, 9.17) is 5.11 Å². The van der Waals surface area contributed by atoms with E-state index in [2.05, 4.69) is 0 Å². The van der Waals surface area contributed by atoms with E-state index in [1.807, 2.05) is 6.92 Å². The highest BCUT2D eigenvalue weighted by molar-refractivity contribution is 5.95. The molecule has 0 bridgehead atoms. The maximum absolute atomic E-state index is 13.1. The van der Waals surface area contributed by atoms with Gasteiger partial charge in [-0.1, -0.05) is 6.92 Å². The Balaban J connectivity index is 2.13. The summed E-state index contributed by atoms with van der Waals surface area (Å²) in [6, 6.07) is 4.09. The molecule has 1 aromatic carbocycles. The number of carboxylic acid groups (broad SMARTS) is 1. The van der Waals surface area contributed by atoms with Gasteiger partial charge >= 0.3 is 5.97 Å². The fraction of sp³-hybridized carbons (Fsp3) is 0.467. The first-order valence-corrected chi connectivity index (χ1v) is 6.68. The van der Waals surface area contributed by atoms with Crippen molar-refractivity contribution >= 4 is 11.9 Å². The predicted octanol–water partition coefficient (Wildman–Crippen LogP) is 2.32. The van der Waals surface area contributed by atoms with Crippen molar-refractivity contribution in [2.45, 2.75) is 20.3 Å². The molecule has 20 heavy (non-hydrogen) atoms. The number of piperidine rings is 1. The highest BCUT2D eigenvalue weighted by Crippen LogP contribution is 2.25. The lowest BCUT2D eigenvalue weighted by Gasteiger charge is -2.35. The minimum absolute atomic E-state index is 0.0778. The Hall–Kier alpha value is -1.91. The molecule has 1 aliphatic heterocycles. The van der Waals surface area contributed by atoms with Crippen molar-refractivity contribution in [1.29, 1.82) is 0 Å². The summed E-state index contributed by atoms with van der Waals surface area (Å²) in [7, 11) is 0. The van der Waals surface area contributed by atoms with Crippen LogP contribution in [0.15, 0.2) is 18.2 Å². The number of hydrogen-bond donors (Lipinski definition) is 1. The van der Waals surface area contributed by atoms with Gasteiger partial charge in [0.1, 0.15) is 5.82 Å². The minimum Gasteiger partial charge on any atom is -0.481 e. The van der Waals surface area contributed by atoms with Crippen molar-refractivity contribution in [3.05, 3.63) is 35.1 Å². The molecule has 0 saturated carbocycles. The molecule has 0 aliphatic carbocycles. The van der Waals surface area contributed by atoms with Crippen LogP contribution in [0.25, 0.3) is 0 Å². The molecule has 4 nitrogen and oxygen atoms in total. The molecule has 1 amide bonds. The van der Waals surface area contributed by atoms with Crippen molar-refractivity contribution in [3.8, 4) is 0 Å². The van der Waals surface area contributed by atoms with E-state index >= 15 is 0 Å². The Labute approximate surface area is 117 Å². The summed E-state index contributed by atoms with van der Waals surface area (Å²) in [5.41, 5.74) is 1.08. The van der Waals surface area contributed by atoms with Gasteiger partial charge < -0.3 is 10.0 Å². The molecule has 2 atom stereocenters. The number of nitrogens with zero attached hydrogens (tertiary/aromatic N) is 1. The molecular weight excluding hydrogens is 261 g/mol. The molecule has 2 unspecified atom stereocenters. The van der Waals surface area contributed by atoms with Crippen LogP contribution < -0.4 is 0 Å². The van der Waals surface area contributed by atoms with E-state index in [0.29, 0.717) is 30.6 Å². The van der Waals surface area contributed by atoms with Gasteiger partial charge in [-0.05, 0) is 43.0 Å².